The largest absolute Gasteiger partial charge is 0.458 e. The number of aliphatic hydroxyl groups is 1. The summed E-state index contributed by atoms with van der Waals surface area (Å²) in [5, 5.41) is 11.1. The lowest BCUT2D eigenvalue weighted by Crippen LogP contribution is -2.60. The summed E-state index contributed by atoms with van der Waals surface area (Å²) in [6, 6.07) is 0. The zero-order valence-corrected chi connectivity index (χ0v) is 23.4. The van der Waals surface area contributed by atoms with Crippen molar-refractivity contribution in [2.75, 3.05) is 0 Å². The van der Waals surface area contributed by atoms with E-state index in [4.69, 9.17) is 4.74 Å². The Balaban J connectivity index is 1.29. The lowest BCUT2D eigenvalue weighted by atomic mass is 9.44. The predicted octanol–water partition coefficient (Wildman–Crippen LogP) is 6.01. The maximum Gasteiger partial charge on any atom is 0.333 e. The van der Waals surface area contributed by atoms with Crippen LogP contribution in [0.1, 0.15) is 79.6 Å². The second kappa shape index (κ2) is 7.43. The van der Waals surface area contributed by atoms with Gasteiger partial charge in [0.2, 0.25) is 0 Å². The van der Waals surface area contributed by atoms with Crippen LogP contribution in [0.2, 0.25) is 0 Å². The van der Waals surface area contributed by atoms with E-state index in [0.29, 0.717) is 41.3 Å². The van der Waals surface area contributed by atoms with Crippen molar-refractivity contribution in [1.82, 2.24) is 0 Å². The Bertz CT molecular complexity index is 1030. The zero-order chi connectivity index (χ0) is 24.4. The van der Waals surface area contributed by atoms with Gasteiger partial charge in [0.15, 0.2) is 5.78 Å². The average molecular weight is 579 g/mol. The molecule has 5 aliphatic carbocycles. The van der Waals surface area contributed by atoms with Gasteiger partial charge in [-0.15, -0.1) is 0 Å². The van der Waals surface area contributed by atoms with E-state index in [1.165, 1.54) is 24.8 Å². The molecule has 0 aromatic carbocycles. The third-order valence-corrected chi connectivity index (χ3v) is 13.2. The molecule has 1 heterocycles. The van der Waals surface area contributed by atoms with E-state index >= 15 is 0 Å². The van der Waals surface area contributed by atoms with Crippen molar-refractivity contribution in [1.29, 1.82) is 0 Å². The van der Waals surface area contributed by atoms with Gasteiger partial charge in [-0.2, -0.15) is 0 Å². The summed E-state index contributed by atoms with van der Waals surface area (Å²) in [6.07, 6.45) is 9.04. The molecular formula is C29H39IO4. The number of halogens is 1. The van der Waals surface area contributed by atoms with Crippen molar-refractivity contribution in [2.24, 2.45) is 51.8 Å². The number of carbonyl (C=O) groups is 2. The fourth-order valence-corrected chi connectivity index (χ4v) is 11.2. The normalized spacial score (nSPS) is 52.7. The van der Waals surface area contributed by atoms with Crippen LogP contribution in [0.4, 0.5) is 0 Å². The van der Waals surface area contributed by atoms with Gasteiger partial charge in [0.25, 0.3) is 0 Å². The number of cyclic esters (lactones) is 1. The summed E-state index contributed by atoms with van der Waals surface area (Å²) >= 11 is 2.17. The van der Waals surface area contributed by atoms with E-state index in [2.05, 4.69) is 50.3 Å². The Labute approximate surface area is 217 Å². The first-order valence-electron chi connectivity index (χ1n) is 13.4. The maximum absolute atomic E-state index is 13.7. The Morgan fingerprint density at radius 2 is 1.88 bits per heavy atom. The van der Waals surface area contributed by atoms with E-state index in [9.17, 15) is 14.7 Å². The Hall–Kier alpha value is -0.690. The lowest BCUT2D eigenvalue weighted by molar-refractivity contribution is -0.162. The first-order chi connectivity index (χ1) is 16.0. The van der Waals surface area contributed by atoms with Crippen molar-refractivity contribution < 1.29 is 19.4 Å². The van der Waals surface area contributed by atoms with E-state index < -0.39 is 11.5 Å². The highest BCUT2D eigenvalue weighted by Crippen LogP contribution is 2.80. The summed E-state index contributed by atoms with van der Waals surface area (Å²) in [7, 11) is 0. The summed E-state index contributed by atoms with van der Waals surface area (Å²) in [5.41, 5.74) is 1.57. The van der Waals surface area contributed by atoms with Gasteiger partial charge in [-0.05, 0) is 122 Å². The second-order valence-electron chi connectivity index (χ2n) is 13.2. The molecule has 186 valence electrons. The van der Waals surface area contributed by atoms with Gasteiger partial charge in [0.05, 0.1) is 9.68 Å². The number of fused-ring (bicyclic) bond motifs is 4. The highest BCUT2D eigenvalue weighted by molar-refractivity contribution is 14.1. The van der Waals surface area contributed by atoms with Crippen LogP contribution in [-0.4, -0.2) is 29.1 Å². The van der Waals surface area contributed by atoms with Crippen LogP contribution in [0.15, 0.2) is 20.8 Å². The number of ether oxygens (including phenoxy) is 1. The molecule has 6 aliphatic rings. The summed E-state index contributed by atoms with van der Waals surface area (Å²) in [6.45, 7) is 11.0. The number of rotatable bonds is 2. The summed E-state index contributed by atoms with van der Waals surface area (Å²) in [4.78, 5) is 26.2. The quantitative estimate of drug-likeness (QED) is 0.322. The maximum atomic E-state index is 13.7. The number of allylic oxidation sites excluding steroid dienone is 1. The van der Waals surface area contributed by atoms with Crippen molar-refractivity contribution in [3.05, 3.63) is 20.8 Å². The molecular weight excluding hydrogens is 539 g/mol. The standard InChI is InChI=1S/C29H39IO4/c1-14-10-23(34-26(33)15(14)2)16(3)19-6-7-20-18-11-17-13-29(17)24(31)12-22(30)25(32)28(29,5)21(18)8-9-27(19,20)4/h12,16-21,23-24,31H,6-11,13H2,1-5H3/t16-,17-,18-,19+,20-,21-,23?,24-,27+,28-,29+/m0/s1. The molecule has 0 saturated heterocycles. The Morgan fingerprint density at radius 3 is 2.59 bits per heavy atom. The van der Waals surface area contributed by atoms with Crippen LogP contribution in [0.25, 0.3) is 0 Å². The molecule has 4 saturated carbocycles. The smallest absolute Gasteiger partial charge is 0.333 e. The van der Waals surface area contributed by atoms with E-state index in [0.717, 1.165) is 34.8 Å². The molecule has 4 nitrogen and oxygen atoms in total. The van der Waals surface area contributed by atoms with Crippen molar-refractivity contribution in [2.45, 2.75) is 91.8 Å². The van der Waals surface area contributed by atoms with Gasteiger partial charge in [-0.1, -0.05) is 26.3 Å². The molecule has 0 aromatic heterocycles. The van der Waals surface area contributed by atoms with Gasteiger partial charge in [-0.3, -0.25) is 4.79 Å². The second-order valence-corrected chi connectivity index (χ2v) is 14.3. The Morgan fingerprint density at radius 1 is 1.15 bits per heavy atom. The molecule has 1 unspecified atom stereocenters. The first-order valence-corrected chi connectivity index (χ1v) is 14.5. The number of ketones is 1. The van der Waals surface area contributed by atoms with Crippen LogP contribution >= 0.6 is 22.6 Å². The SMILES string of the molecule is CC1=C(C)C(=O)OC([C@@H](C)[C@H]2CC[C@H]3[C@@H]4C[C@H]5C[C@]56[C@@H](O)C=C(I)C(=O)[C@]6(C)[C@H]4CC[C@]23C)C1. The van der Waals surface area contributed by atoms with Gasteiger partial charge in [-0.25, -0.2) is 4.79 Å². The molecule has 0 radical (unpaired) electrons. The summed E-state index contributed by atoms with van der Waals surface area (Å²) in [5.74, 6) is 3.11. The Kier molecular flexibility index (Phi) is 5.17. The van der Waals surface area contributed by atoms with E-state index in [-0.39, 0.29) is 22.9 Å². The molecule has 11 atom stereocenters. The molecule has 1 aliphatic heterocycles. The number of carbonyl (C=O) groups excluding carboxylic acids is 2. The minimum absolute atomic E-state index is 0.0174. The van der Waals surface area contributed by atoms with Crippen molar-refractivity contribution in [3.8, 4) is 0 Å². The number of aliphatic hydroxyl groups excluding tert-OH is 1. The topological polar surface area (TPSA) is 63.6 Å². The minimum Gasteiger partial charge on any atom is -0.458 e. The van der Waals surface area contributed by atoms with Crippen LogP contribution in [-0.2, 0) is 14.3 Å². The average Bonchev–Trinajstić information content (AvgIpc) is 3.43. The number of esters is 1. The van der Waals surface area contributed by atoms with Crippen LogP contribution in [0.3, 0.4) is 0 Å². The monoisotopic (exact) mass is 578 g/mol. The third kappa shape index (κ3) is 2.75. The van der Waals surface area contributed by atoms with Gasteiger partial charge in [0.1, 0.15) is 6.10 Å². The predicted molar refractivity (Wildman–Crippen MR) is 139 cm³/mol. The van der Waals surface area contributed by atoms with Crippen molar-refractivity contribution in [3.63, 3.8) is 0 Å². The third-order valence-electron chi connectivity index (χ3n) is 12.4. The van der Waals surface area contributed by atoms with Crippen LogP contribution in [0.5, 0.6) is 0 Å². The molecule has 1 N–H and O–H groups in total. The first kappa shape index (κ1) is 23.7. The molecule has 0 amide bonds. The number of Topliss-reactive ketones (excluding diaryl/α,β-unsaturated/α-hetero) is 1. The zero-order valence-electron chi connectivity index (χ0n) is 21.2. The molecule has 4 fully saturated rings. The summed E-state index contributed by atoms with van der Waals surface area (Å²) < 4.78 is 6.69. The van der Waals surface area contributed by atoms with E-state index in [1.54, 1.807) is 0 Å². The van der Waals surface area contributed by atoms with Crippen LogP contribution < -0.4 is 0 Å². The molecule has 34 heavy (non-hydrogen) atoms. The highest BCUT2D eigenvalue weighted by atomic mass is 127. The fraction of sp³-hybridized carbons (Fsp3) is 0.793. The number of hydrogen-bond acceptors (Lipinski definition) is 4. The van der Waals surface area contributed by atoms with Gasteiger partial charge < -0.3 is 9.84 Å². The molecule has 0 bridgehead atoms. The lowest BCUT2D eigenvalue weighted by Gasteiger charge is -2.60. The van der Waals surface area contributed by atoms with Gasteiger partial charge in [0, 0.05) is 22.8 Å². The molecule has 6 rings (SSSR count). The van der Waals surface area contributed by atoms with Gasteiger partial charge >= 0.3 is 5.97 Å². The number of hydrogen-bond donors (Lipinski definition) is 1. The fourth-order valence-electron chi connectivity index (χ4n) is 10.3. The molecule has 1 spiro atoms. The van der Waals surface area contributed by atoms with E-state index in [1.807, 2.05) is 13.0 Å². The highest BCUT2D eigenvalue weighted by Gasteiger charge is 2.78. The minimum atomic E-state index is -0.474. The molecule has 5 heteroatoms. The van der Waals surface area contributed by atoms with Crippen LogP contribution in [0, 0.1) is 51.8 Å². The van der Waals surface area contributed by atoms with Crippen molar-refractivity contribution >= 4 is 34.3 Å². The molecule has 0 aromatic rings.